The van der Waals surface area contributed by atoms with Crippen molar-refractivity contribution in [2.24, 2.45) is 0 Å². The Kier molecular flexibility index (Phi) is 4.19. The van der Waals surface area contributed by atoms with Crippen LogP contribution in [0.4, 0.5) is 0 Å². The number of benzene rings is 1. The summed E-state index contributed by atoms with van der Waals surface area (Å²) in [5.74, 6) is 0. The Balaban J connectivity index is 2.91. The first kappa shape index (κ1) is 11.0. The van der Waals surface area contributed by atoms with Gasteiger partial charge in [0, 0.05) is 22.5 Å². The SMILES string of the molecule is OCC[C@H](O)c1cc(Cl)ccc1Br. The van der Waals surface area contributed by atoms with Crippen molar-refractivity contribution in [3.8, 4) is 0 Å². The molecule has 0 saturated carbocycles. The highest BCUT2D eigenvalue weighted by atomic mass is 79.9. The van der Waals surface area contributed by atoms with Crippen LogP contribution < -0.4 is 0 Å². The fourth-order valence-corrected chi connectivity index (χ4v) is 1.74. The second-order valence-electron chi connectivity index (χ2n) is 2.69. The van der Waals surface area contributed by atoms with Crippen LogP contribution in [-0.4, -0.2) is 16.8 Å². The van der Waals surface area contributed by atoms with Crippen LogP contribution in [0.25, 0.3) is 0 Å². The van der Waals surface area contributed by atoms with Gasteiger partial charge in [0.2, 0.25) is 0 Å². The number of hydrogen-bond donors (Lipinski definition) is 2. The van der Waals surface area contributed by atoms with Gasteiger partial charge in [0.15, 0.2) is 0 Å². The molecule has 4 heteroatoms. The molecule has 0 spiro atoms. The van der Waals surface area contributed by atoms with Gasteiger partial charge in [0.1, 0.15) is 0 Å². The molecule has 1 rings (SSSR count). The second-order valence-corrected chi connectivity index (χ2v) is 3.98. The van der Waals surface area contributed by atoms with Crippen LogP contribution in [0.2, 0.25) is 5.02 Å². The molecular weight excluding hydrogens is 255 g/mol. The first-order valence-electron chi connectivity index (χ1n) is 3.89. The summed E-state index contributed by atoms with van der Waals surface area (Å²) < 4.78 is 0.804. The van der Waals surface area contributed by atoms with Gasteiger partial charge < -0.3 is 10.2 Å². The molecule has 0 heterocycles. The molecule has 13 heavy (non-hydrogen) atoms. The van der Waals surface area contributed by atoms with E-state index in [2.05, 4.69) is 15.9 Å². The second kappa shape index (κ2) is 4.96. The lowest BCUT2D eigenvalue weighted by Crippen LogP contribution is -2.00. The minimum atomic E-state index is -0.668. The maximum absolute atomic E-state index is 9.58. The number of aliphatic hydroxyl groups is 2. The average molecular weight is 266 g/mol. The van der Waals surface area contributed by atoms with Crippen molar-refractivity contribution in [1.29, 1.82) is 0 Å². The quantitative estimate of drug-likeness (QED) is 0.882. The van der Waals surface area contributed by atoms with Crippen molar-refractivity contribution in [1.82, 2.24) is 0 Å². The summed E-state index contributed by atoms with van der Waals surface area (Å²) in [5, 5.41) is 18.8. The number of halogens is 2. The van der Waals surface area contributed by atoms with Crippen LogP contribution in [0.3, 0.4) is 0 Å². The third-order valence-corrected chi connectivity index (χ3v) is 2.68. The van der Waals surface area contributed by atoms with Gasteiger partial charge >= 0.3 is 0 Å². The van der Waals surface area contributed by atoms with Crippen molar-refractivity contribution in [2.75, 3.05) is 6.61 Å². The lowest BCUT2D eigenvalue weighted by atomic mass is 10.1. The third-order valence-electron chi connectivity index (χ3n) is 1.72. The van der Waals surface area contributed by atoms with Gasteiger partial charge in [-0.15, -0.1) is 0 Å². The fourth-order valence-electron chi connectivity index (χ4n) is 1.05. The van der Waals surface area contributed by atoms with Gasteiger partial charge in [-0.25, -0.2) is 0 Å². The van der Waals surface area contributed by atoms with Crippen LogP contribution in [0, 0.1) is 0 Å². The highest BCUT2D eigenvalue weighted by Crippen LogP contribution is 2.28. The van der Waals surface area contributed by atoms with Crippen LogP contribution in [-0.2, 0) is 0 Å². The Morgan fingerprint density at radius 2 is 2.15 bits per heavy atom. The highest BCUT2D eigenvalue weighted by Gasteiger charge is 2.10. The minimum Gasteiger partial charge on any atom is -0.396 e. The van der Waals surface area contributed by atoms with Gasteiger partial charge in [0.25, 0.3) is 0 Å². The van der Waals surface area contributed by atoms with Crippen molar-refractivity contribution in [2.45, 2.75) is 12.5 Å². The molecule has 0 amide bonds. The maximum Gasteiger partial charge on any atom is 0.0823 e. The van der Waals surface area contributed by atoms with Gasteiger partial charge in [-0.2, -0.15) is 0 Å². The summed E-state index contributed by atoms with van der Waals surface area (Å²) in [4.78, 5) is 0. The predicted octanol–water partition coefficient (Wildman–Crippen LogP) is 2.52. The van der Waals surface area contributed by atoms with Gasteiger partial charge in [-0.3, -0.25) is 0 Å². The molecular formula is C9H10BrClO2. The van der Waals surface area contributed by atoms with Gasteiger partial charge in [-0.1, -0.05) is 27.5 Å². The van der Waals surface area contributed by atoms with Crippen LogP contribution in [0.1, 0.15) is 18.1 Å². The lowest BCUT2D eigenvalue weighted by Gasteiger charge is -2.11. The largest absolute Gasteiger partial charge is 0.396 e. The average Bonchev–Trinajstić information content (AvgIpc) is 2.09. The van der Waals surface area contributed by atoms with Crippen molar-refractivity contribution in [3.05, 3.63) is 33.3 Å². The molecule has 0 radical (unpaired) electrons. The van der Waals surface area contributed by atoms with Crippen molar-refractivity contribution >= 4 is 27.5 Å². The molecule has 0 fully saturated rings. The van der Waals surface area contributed by atoms with E-state index in [0.29, 0.717) is 17.0 Å². The first-order valence-corrected chi connectivity index (χ1v) is 5.06. The molecule has 0 aliphatic carbocycles. The van der Waals surface area contributed by atoms with E-state index < -0.39 is 6.10 Å². The molecule has 0 aliphatic heterocycles. The van der Waals surface area contributed by atoms with E-state index in [1.54, 1.807) is 18.2 Å². The van der Waals surface area contributed by atoms with Crippen LogP contribution >= 0.6 is 27.5 Å². The molecule has 0 saturated heterocycles. The normalized spacial score (nSPS) is 12.9. The van der Waals surface area contributed by atoms with Crippen LogP contribution in [0.15, 0.2) is 22.7 Å². The zero-order valence-corrected chi connectivity index (χ0v) is 9.22. The van der Waals surface area contributed by atoms with E-state index >= 15 is 0 Å². The monoisotopic (exact) mass is 264 g/mol. The maximum atomic E-state index is 9.58. The fraction of sp³-hybridized carbons (Fsp3) is 0.333. The highest BCUT2D eigenvalue weighted by molar-refractivity contribution is 9.10. The molecule has 1 aromatic rings. The van der Waals surface area contributed by atoms with Gasteiger partial charge in [-0.05, 0) is 23.8 Å². The molecule has 2 N–H and O–H groups in total. The van der Waals surface area contributed by atoms with E-state index in [1.807, 2.05) is 0 Å². The van der Waals surface area contributed by atoms with Crippen molar-refractivity contribution in [3.63, 3.8) is 0 Å². The Morgan fingerprint density at radius 1 is 1.46 bits per heavy atom. The molecule has 0 aromatic heterocycles. The van der Waals surface area contributed by atoms with E-state index in [1.165, 1.54) is 0 Å². The summed E-state index contributed by atoms with van der Waals surface area (Å²) in [6.07, 6.45) is -0.350. The molecule has 0 unspecified atom stereocenters. The van der Waals surface area contributed by atoms with E-state index in [9.17, 15) is 5.11 Å². The Hall–Kier alpha value is -0.0900. The molecule has 1 atom stereocenters. The first-order chi connectivity index (χ1) is 6.15. The lowest BCUT2D eigenvalue weighted by molar-refractivity contribution is 0.134. The van der Waals surface area contributed by atoms with E-state index in [-0.39, 0.29) is 6.61 Å². The van der Waals surface area contributed by atoms with E-state index in [4.69, 9.17) is 16.7 Å². The predicted molar refractivity (Wildman–Crippen MR) is 55.8 cm³/mol. The van der Waals surface area contributed by atoms with Crippen LogP contribution in [0.5, 0.6) is 0 Å². The zero-order valence-electron chi connectivity index (χ0n) is 6.87. The summed E-state index contributed by atoms with van der Waals surface area (Å²) in [5.41, 5.74) is 0.710. The third kappa shape index (κ3) is 2.95. The summed E-state index contributed by atoms with van der Waals surface area (Å²) in [6, 6.07) is 5.20. The van der Waals surface area contributed by atoms with Crippen molar-refractivity contribution < 1.29 is 10.2 Å². The molecule has 0 aliphatic rings. The molecule has 72 valence electrons. The Bertz CT molecular complexity index is 291. The Morgan fingerprint density at radius 3 is 2.77 bits per heavy atom. The summed E-state index contributed by atoms with van der Waals surface area (Å²) >= 11 is 9.07. The standard InChI is InChI=1S/C9H10BrClO2/c10-8-2-1-6(11)5-7(8)9(13)3-4-12/h1-2,5,9,12-13H,3-4H2/t9-/m0/s1. The molecule has 1 aromatic carbocycles. The minimum absolute atomic E-state index is 0.0415. The number of aliphatic hydroxyl groups excluding tert-OH is 2. The molecule has 0 bridgehead atoms. The summed E-state index contributed by atoms with van der Waals surface area (Å²) in [7, 11) is 0. The van der Waals surface area contributed by atoms with E-state index in [0.717, 1.165) is 4.47 Å². The topological polar surface area (TPSA) is 40.5 Å². The summed E-state index contributed by atoms with van der Waals surface area (Å²) in [6.45, 7) is -0.0415. The molecule has 2 nitrogen and oxygen atoms in total. The number of hydrogen-bond acceptors (Lipinski definition) is 2. The smallest absolute Gasteiger partial charge is 0.0823 e. The zero-order chi connectivity index (χ0) is 9.84. The number of rotatable bonds is 3. The van der Waals surface area contributed by atoms with Gasteiger partial charge in [0.05, 0.1) is 6.10 Å². The Labute approximate surface area is 90.3 Å².